The molecule has 0 aliphatic heterocycles. The van der Waals surface area contributed by atoms with E-state index in [0.717, 1.165) is 11.1 Å². The largest absolute Gasteiger partial charge is 0.481 e. The maximum atomic E-state index is 12.2. The number of aryl methyl sites for hydroxylation is 2. The van der Waals surface area contributed by atoms with Gasteiger partial charge in [0.2, 0.25) is 5.91 Å². The number of benzene rings is 2. The van der Waals surface area contributed by atoms with Crippen molar-refractivity contribution in [1.82, 2.24) is 0 Å². The van der Waals surface area contributed by atoms with Crippen molar-refractivity contribution >= 4 is 29.1 Å². The highest BCUT2D eigenvalue weighted by molar-refractivity contribution is 6.32. The van der Waals surface area contributed by atoms with Gasteiger partial charge in [0.25, 0.3) is 5.91 Å². The average molecular weight is 347 g/mol. The summed E-state index contributed by atoms with van der Waals surface area (Å²) in [6, 6.07) is 9.91. The lowest BCUT2D eigenvalue weighted by Gasteiger charge is -2.16. The van der Waals surface area contributed by atoms with Crippen LogP contribution in [0.25, 0.3) is 0 Å². The summed E-state index contributed by atoms with van der Waals surface area (Å²) in [5, 5.41) is 3.42. The molecule has 1 atom stereocenters. The van der Waals surface area contributed by atoms with Gasteiger partial charge in [-0.25, -0.2) is 0 Å². The predicted octanol–water partition coefficient (Wildman–Crippen LogP) is 3.46. The Balaban J connectivity index is 2.03. The second kappa shape index (κ2) is 7.36. The molecule has 126 valence electrons. The number of hydrogen-bond donors (Lipinski definition) is 2. The number of primary amides is 1. The van der Waals surface area contributed by atoms with Crippen molar-refractivity contribution in [3.63, 3.8) is 0 Å². The van der Waals surface area contributed by atoms with Crippen molar-refractivity contribution in [3.05, 3.63) is 58.1 Å². The Hall–Kier alpha value is -2.53. The van der Waals surface area contributed by atoms with E-state index in [2.05, 4.69) is 5.32 Å². The molecule has 0 heterocycles. The first-order valence-electron chi connectivity index (χ1n) is 7.42. The molecule has 2 aromatic carbocycles. The van der Waals surface area contributed by atoms with Crippen LogP contribution < -0.4 is 15.8 Å². The Morgan fingerprint density at radius 3 is 2.17 bits per heavy atom. The van der Waals surface area contributed by atoms with Crippen LogP contribution in [0.1, 0.15) is 28.4 Å². The minimum absolute atomic E-state index is 0.299. The minimum Gasteiger partial charge on any atom is -0.481 e. The Bertz CT molecular complexity index is 749. The van der Waals surface area contributed by atoms with Crippen LogP contribution in [-0.2, 0) is 4.79 Å². The SMILES string of the molecule is Cc1cc(O[C@H](C)C(=O)Nc2ccc(C(N)=O)cc2)cc(C)c1Cl. The number of hydrogen-bond acceptors (Lipinski definition) is 3. The lowest BCUT2D eigenvalue weighted by molar-refractivity contribution is -0.122. The molecule has 0 radical (unpaired) electrons. The van der Waals surface area contributed by atoms with Gasteiger partial charge in [-0.2, -0.15) is 0 Å². The molecule has 2 rings (SSSR count). The van der Waals surface area contributed by atoms with Crippen LogP contribution in [0, 0.1) is 13.8 Å². The zero-order chi connectivity index (χ0) is 17.9. The van der Waals surface area contributed by atoms with E-state index < -0.39 is 12.0 Å². The molecule has 0 aliphatic carbocycles. The first-order chi connectivity index (χ1) is 11.3. The van der Waals surface area contributed by atoms with Crippen LogP contribution in [0.5, 0.6) is 5.75 Å². The van der Waals surface area contributed by atoms with Crippen molar-refractivity contribution in [3.8, 4) is 5.75 Å². The summed E-state index contributed by atoms with van der Waals surface area (Å²) in [5.41, 5.74) is 7.90. The highest BCUT2D eigenvalue weighted by atomic mass is 35.5. The van der Waals surface area contributed by atoms with E-state index in [9.17, 15) is 9.59 Å². The molecule has 0 bridgehead atoms. The molecule has 6 heteroatoms. The number of halogens is 1. The molecular weight excluding hydrogens is 328 g/mol. The fraction of sp³-hybridized carbons (Fsp3) is 0.222. The number of anilines is 1. The Morgan fingerprint density at radius 1 is 1.12 bits per heavy atom. The van der Waals surface area contributed by atoms with Gasteiger partial charge in [0.1, 0.15) is 5.75 Å². The average Bonchev–Trinajstić information content (AvgIpc) is 2.52. The highest BCUT2D eigenvalue weighted by Crippen LogP contribution is 2.26. The Labute approximate surface area is 145 Å². The van der Waals surface area contributed by atoms with E-state index >= 15 is 0 Å². The summed E-state index contributed by atoms with van der Waals surface area (Å²) >= 11 is 6.12. The summed E-state index contributed by atoms with van der Waals surface area (Å²) in [7, 11) is 0. The van der Waals surface area contributed by atoms with Crippen LogP contribution >= 0.6 is 11.6 Å². The van der Waals surface area contributed by atoms with Gasteiger partial charge >= 0.3 is 0 Å². The summed E-state index contributed by atoms with van der Waals surface area (Å²) in [4.78, 5) is 23.2. The van der Waals surface area contributed by atoms with Crippen LogP contribution in [0.3, 0.4) is 0 Å². The van der Waals surface area contributed by atoms with Crippen molar-refractivity contribution in [2.45, 2.75) is 26.9 Å². The quantitative estimate of drug-likeness (QED) is 0.869. The lowest BCUT2D eigenvalue weighted by atomic mass is 10.1. The van der Waals surface area contributed by atoms with Gasteiger partial charge in [0.15, 0.2) is 6.10 Å². The molecule has 0 fully saturated rings. The van der Waals surface area contributed by atoms with Crippen molar-refractivity contribution in [2.24, 2.45) is 5.73 Å². The van der Waals surface area contributed by atoms with Crippen LogP contribution in [0.2, 0.25) is 5.02 Å². The normalized spacial score (nSPS) is 11.7. The fourth-order valence-corrected chi connectivity index (χ4v) is 2.30. The van der Waals surface area contributed by atoms with Gasteiger partial charge in [-0.3, -0.25) is 9.59 Å². The predicted molar refractivity (Wildman–Crippen MR) is 94.6 cm³/mol. The molecule has 2 aromatic rings. The van der Waals surface area contributed by atoms with Gasteiger partial charge in [-0.1, -0.05) is 11.6 Å². The van der Waals surface area contributed by atoms with Gasteiger partial charge in [0.05, 0.1) is 0 Å². The second-order valence-electron chi connectivity index (χ2n) is 5.56. The molecule has 0 aromatic heterocycles. The number of rotatable bonds is 5. The zero-order valence-electron chi connectivity index (χ0n) is 13.7. The first-order valence-corrected chi connectivity index (χ1v) is 7.80. The maximum absolute atomic E-state index is 12.2. The molecule has 24 heavy (non-hydrogen) atoms. The van der Waals surface area contributed by atoms with Crippen LogP contribution in [0.15, 0.2) is 36.4 Å². The highest BCUT2D eigenvalue weighted by Gasteiger charge is 2.16. The number of nitrogens with one attached hydrogen (secondary N) is 1. The zero-order valence-corrected chi connectivity index (χ0v) is 14.5. The molecule has 0 aliphatic rings. The minimum atomic E-state index is -0.694. The molecule has 5 nitrogen and oxygen atoms in total. The van der Waals surface area contributed by atoms with E-state index in [1.807, 2.05) is 13.8 Å². The molecule has 0 unspecified atom stereocenters. The van der Waals surface area contributed by atoms with Crippen molar-refractivity contribution in [1.29, 1.82) is 0 Å². The van der Waals surface area contributed by atoms with Crippen molar-refractivity contribution < 1.29 is 14.3 Å². The molecule has 0 saturated carbocycles. The Kier molecular flexibility index (Phi) is 5.46. The first kappa shape index (κ1) is 17.8. The molecule has 3 N–H and O–H groups in total. The number of amides is 2. The third-order valence-corrected chi connectivity index (χ3v) is 4.13. The van der Waals surface area contributed by atoms with Gasteiger partial charge in [0, 0.05) is 16.3 Å². The van der Waals surface area contributed by atoms with E-state index in [1.165, 1.54) is 0 Å². The van der Waals surface area contributed by atoms with Crippen molar-refractivity contribution in [2.75, 3.05) is 5.32 Å². The van der Waals surface area contributed by atoms with Gasteiger partial charge in [-0.15, -0.1) is 0 Å². The summed E-state index contributed by atoms with van der Waals surface area (Å²) in [6.07, 6.45) is -0.694. The molecule has 0 saturated heterocycles. The standard InChI is InChI=1S/C18H19ClN2O3/c1-10-8-15(9-11(2)16(10)19)24-12(3)18(23)21-14-6-4-13(5-7-14)17(20)22/h4-9,12H,1-3H3,(H2,20,22)(H,21,23)/t12-/m1/s1. The topological polar surface area (TPSA) is 81.4 Å². The Morgan fingerprint density at radius 2 is 1.67 bits per heavy atom. The summed E-state index contributed by atoms with van der Waals surface area (Å²) in [5.74, 6) is -0.230. The van der Waals surface area contributed by atoms with E-state index in [1.54, 1.807) is 43.3 Å². The second-order valence-corrected chi connectivity index (χ2v) is 5.94. The van der Waals surface area contributed by atoms with E-state index in [4.69, 9.17) is 22.1 Å². The lowest BCUT2D eigenvalue weighted by Crippen LogP contribution is -2.30. The number of ether oxygens (including phenoxy) is 1. The third-order valence-electron chi connectivity index (χ3n) is 3.53. The third kappa shape index (κ3) is 4.26. The molecule has 2 amide bonds. The number of carbonyl (C=O) groups is 2. The van der Waals surface area contributed by atoms with Gasteiger partial charge in [-0.05, 0) is 68.3 Å². The van der Waals surface area contributed by atoms with E-state index in [0.29, 0.717) is 22.0 Å². The fourth-order valence-electron chi connectivity index (χ4n) is 2.19. The smallest absolute Gasteiger partial charge is 0.265 e. The number of carbonyl (C=O) groups excluding carboxylic acids is 2. The van der Waals surface area contributed by atoms with Crippen LogP contribution in [0.4, 0.5) is 5.69 Å². The molecule has 0 spiro atoms. The van der Waals surface area contributed by atoms with Crippen LogP contribution in [-0.4, -0.2) is 17.9 Å². The van der Waals surface area contributed by atoms with E-state index in [-0.39, 0.29) is 5.91 Å². The summed E-state index contributed by atoms with van der Waals surface area (Å²) in [6.45, 7) is 5.42. The monoisotopic (exact) mass is 346 g/mol. The maximum Gasteiger partial charge on any atom is 0.265 e. The summed E-state index contributed by atoms with van der Waals surface area (Å²) < 4.78 is 5.68. The molecular formula is C18H19ClN2O3. The number of nitrogens with two attached hydrogens (primary N) is 1. The van der Waals surface area contributed by atoms with Gasteiger partial charge < -0.3 is 15.8 Å².